The number of carboxylic acids is 1. The highest BCUT2D eigenvalue weighted by atomic mass is 32.2. The smallest absolute Gasteiger partial charge is 0.313 e. The number of hydrogen-bond acceptors (Lipinski definition) is 6. The Morgan fingerprint density at radius 2 is 2.33 bits per heavy atom. The molecule has 1 aromatic rings. The SMILES string of the molecule is CS(=O)(=O)NCCCn1cnnc1SCC(=O)O. The Kier molecular flexibility index (Phi) is 5.56. The van der Waals surface area contributed by atoms with Gasteiger partial charge in [-0.05, 0) is 6.42 Å². The number of aryl methyl sites for hydroxylation is 1. The molecule has 0 unspecified atom stereocenters. The molecule has 1 rings (SSSR count). The van der Waals surface area contributed by atoms with Crippen molar-refractivity contribution >= 4 is 27.8 Å². The lowest BCUT2D eigenvalue weighted by Gasteiger charge is -2.05. The van der Waals surface area contributed by atoms with Crippen LogP contribution in [0, 0.1) is 0 Å². The Morgan fingerprint density at radius 1 is 1.61 bits per heavy atom. The van der Waals surface area contributed by atoms with Crippen LogP contribution in [0.3, 0.4) is 0 Å². The molecule has 0 bridgehead atoms. The lowest BCUT2D eigenvalue weighted by atomic mass is 10.4. The molecular formula is C8H14N4O4S2. The molecular weight excluding hydrogens is 280 g/mol. The number of carbonyl (C=O) groups is 1. The van der Waals surface area contributed by atoms with E-state index in [0.717, 1.165) is 18.0 Å². The number of hydrogen-bond donors (Lipinski definition) is 2. The van der Waals surface area contributed by atoms with Gasteiger partial charge in [-0.25, -0.2) is 13.1 Å². The molecule has 0 aliphatic rings. The summed E-state index contributed by atoms with van der Waals surface area (Å²) in [5.74, 6) is -1.01. The minimum Gasteiger partial charge on any atom is -0.481 e. The van der Waals surface area contributed by atoms with E-state index in [1.165, 1.54) is 6.33 Å². The van der Waals surface area contributed by atoms with Crippen molar-refractivity contribution < 1.29 is 18.3 Å². The van der Waals surface area contributed by atoms with Gasteiger partial charge in [-0.3, -0.25) is 4.79 Å². The summed E-state index contributed by atoms with van der Waals surface area (Å²) >= 11 is 1.08. The lowest BCUT2D eigenvalue weighted by molar-refractivity contribution is -0.133. The Bertz CT molecular complexity index is 499. The van der Waals surface area contributed by atoms with Gasteiger partial charge in [0.1, 0.15) is 6.33 Å². The average molecular weight is 294 g/mol. The summed E-state index contributed by atoms with van der Waals surface area (Å²) in [7, 11) is -3.17. The molecule has 0 aliphatic heterocycles. The maximum absolute atomic E-state index is 10.8. The topological polar surface area (TPSA) is 114 Å². The van der Waals surface area contributed by atoms with E-state index < -0.39 is 16.0 Å². The van der Waals surface area contributed by atoms with Crippen molar-refractivity contribution in [1.82, 2.24) is 19.5 Å². The van der Waals surface area contributed by atoms with Gasteiger partial charge in [0.05, 0.1) is 12.0 Å². The molecule has 0 fully saturated rings. The summed E-state index contributed by atoms with van der Waals surface area (Å²) in [6.45, 7) is 0.845. The summed E-state index contributed by atoms with van der Waals surface area (Å²) in [6.07, 6.45) is 3.16. The number of aliphatic carboxylic acids is 1. The van der Waals surface area contributed by atoms with Crippen molar-refractivity contribution in [2.75, 3.05) is 18.6 Å². The molecule has 1 aromatic heterocycles. The van der Waals surface area contributed by atoms with Crippen molar-refractivity contribution in [2.45, 2.75) is 18.1 Å². The molecule has 10 heteroatoms. The Balaban J connectivity index is 2.38. The van der Waals surface area contributed by atoms with Crippen LogP contribution in [0.15, 0.2) is 11.5 Å². The Morgan fingerprint density at radius 3 is 2.94 bits per heavy atom. The van der Waals surface area contributed by atoms with Crippen molar-refractivity contribution in [3.63, 3.8) is 0 Å². The van der Waals surface area contributed by atoms with Gasteiger partial charge in [-0.15, -0.1) is 10.2 Å². The standard InChI is InChI=1S/C8H14N4O4S2/c1-18(15,16)10-3-2-4-12-6-9-11-8(12)17-5-7(13)14/h6,10H,2-5H2,1H3,(H,13,14). The van der Waals surface area contributed by atoms with Crippen LogP contribution in [0.1, 0.15) is 6.42 Å². The van der Waals surface area contributed by atoms with E-state index in [9.17, 15) is 13.2 Å². The van der Waals surface area contributed by atoms with E-state index in [2.05, 4.69) is 14.9 Å². The van der Waals surface area contributed by atoms with Crippen LogP contribution in [0.2, 0.25) is 0 Å². The number of aromatic nitrogens is 3. The summed E-state index contributed by atoms with van der Waals surface area (Å²) in [4.78, 5) is 10.4. The summed E-state index contributed by atoms with van der Waals surface area (Å²) < 4.78 is 25.7. The molecule has 102 valence electrons. The molecule has 0 saturated heterocycles. The van der Waals surface area contributed by atoms with Gasteiger partial charge in [0.15, 0.2) is 5.16 Å². The van der Waals surface area contributed by atoms with Gasteiger partial charge in [0.2, 0.25) is 10.0 Å². The molecule has 0 spiro atoms. The molecule has 8 nitrogen and oxygen atoms in total. The van der Waals surface area contributed by atoms with Crippen LogP contribution in [-0.4, -0.2) is 52.8 Å². The molecule has 1 heterocycles. The first-order valence-electron chi connectivity index (χ1n) is 5.05. The van der Waals surface area contributed by atoms with Gasteiger partial charge in [0.25, 0.3) is 0 Å². The lowest BCUT2D eigenvalue weighted by Crippen LogP contribution is -2.23. The molecule has 0 amide bonds. The van der Waals surface area contributed by atoms with Crippen LogP contribution in [0.25, 0.3) is 0 Å². The third kappa shape index (κ3) is 5.98. The second-order valence-electron chi connectivity index (χ2n) is 3.51. The first-order valence-corrected chi connectivity index (χ1v) is 7.93. The van der Waals surface area contributed by atoms with Crippen molar-refractivity contribution in [1.29, 1.82) is 0 Å². The van der Waals surface area contributed by atoms with Crippen LogP contribution >= 0.6 is 11.8 Å². The summed E-state index contributed by atoms with van der Waals surface area (Å²) in [6, 6.07) is 0. The predicted octanol–water partition coefficient (Wildman–Crippen LogP) is -0.606. The van der Waals surface area contributed by atoms with Crippen molar-refractivity contribution in [3.8, 4) is 0 Å². The van der Waals surface area contributed by atoms with Crippen molar-refractivity contribution in [3.05, 3.63) is 6.33 Å². The van der Waals surface area contributed by atoms with Crippen LogP contribution < -0.4 is 4.72 Å². The highest BCUT2D eigenvalue weighted by Crippen LogP contribution is 2.14. The van der Waals surface area contributed by atoms with E-state index in [1.807, 2.05) is 0 Å². The predicted molar refractivity (Wildman–Crippen MR) is 65.8 cm³/mol. The monoisotopic (exact) mass is 294 g/mol. The number of sulfonamides is 1. The minimum absolute atomic E-state index is 0.0831. The van der Waals surface area contributed by atoms with Crippen LogP contribution in [0.4, 0.5) is 0 Å². The van der Waals surface area contributed by atoms with Gasteiger partial charge in [-0.1, -0.05) is 11.8 Å². The van der Waals surface area contributed by atoms with Gasteiger partial charge in [-0.2, -0.15) is 0 Å². The van der Waals surface area contributed by atoms with E-state index in [4.69, 9.17) is 5.11 Å². The zero-order chi connectivity index (χ0) is 13.6. The fraction of sp³-hybridized carbons (Fsp3) is 0.625. The zero-order valence-corrected chi connectivity index (χ0v) is 11.4. The molecule has 0 aromatic carbocycles. The average Bonchev–Trinajstić information content (AvgIpc) is 2.67. The summed E-state index contributed by atoms with van der Waals surface area (Å²) in [5, 5.41) is 16.5. The van der Waals surface area contributed by atoms with Gasteiger partial charge < -0.3 is 9.67 Å². The van der Waals surface area contributed by atoms with E-state index >= 15 is 0 Å². The number of nitrogens with one attached hydrogen (secondary N) is 1. The van der Waals surface area contributed by atoms with Crippen LogP contribution in [-0.2, 0) is 21.4 Å². The van der Waals surface area contributed by atoms with Gasteiger partial charge in [0, 0.05) is 13.1 Å². The number of rotatable bonds is 8. The molecule has 0 radical (unpaired) electrons. The van der Waals surface area contributed by atoms with Crippen molar-refractivity contribution in [2.24, 2.45) is 0 Å². The second-order valence-corrected chi connectivity index (χ2v) is 6.28. The number of carboxylic acid groups (broad SMARTS) is 1. The first kappa shape index (κ1) is 14.9. The van der Waals surface area contributed by atoms with E-state index in [-0.39, 0.29) is 5.75 Å². The van der Waals surface area contributed by atoms with E-state index in [0.29, 0.717) is 24.7 Å². The Hall–Kier alpha value is -1.13. The Labute approximate surface area is 109 Å². The largest absolute Gasteiger partial charge is 0.481 e. The summed E-state index contributed by atoms with van der Waals surface area (Å²) in [5.41, 5.74) is 0. The third-order valence-electron chi connectivity index (χ3n) is 1.84. The fourth-order valence-electron chi connectivity index (χ4n) is 1.14. The number of nitrogens with zero attached hydrogens (tertiary/aromatic N) is 3. The maximum Gasteiger partial charge on any atom is 0.313 e. The fourth-order valence-corrected chi connectivity index (χ4v) is 2.32. The third-order valence-corrected chi connectivity index (χ3v) is 3.54. The zero-order valence-electron chi connectivity index (χ0n) is 9.74. The molecule has 0 aliphatic carbocycles. The van der Waals surface area contributed by atoms with Crippen LogP contribution in [0.5, 0.6) is 0 Å². The molecule has 2 N–H and O–H groups in total. The highest BCUT2D eigenvalue weighted by molar-refractivity contribution is 7.99. The molecule has 18 heavy (non-hydrogen) atoms. The molecule has 0 saturated carbocycles. The second kappa shape index (κ2) is 6.71. The highest BCUT2D eigenvalue weighted by Gasteiger charge is 2.07. The minimum atomic E-state index is -3.17. The quantitative estimate of drug-likeness (QED) is 0.485. The van der Waals surface area contributed by atoms with Gasteiger partial charge >= 0.3 is 5.97 Å². The first-order chi connectivity index (χ1) is 8.38. The number of thioether (sulfide) groups is 1. The van der Waals surface area contributed by atoms with E-state index in [1.54, 1.807) is 4.57 Å². The normalized spacial score (nSPS) is 11.6. The molecule has 0 atom stereocenters. The maximum atomic E-state index is 10.8.